The van der Waals surface area contributed by atoms with Crippen molar-refractivity contribution in [2.75, 3.05) is 6.54 Å². The van der Waals surface area contributed by atoms with E-state index in [9.17, 15) is 0 Å². The quantitative estimate of drug-likeness (QED) is 0.520. The summed E-state index contributed by atoms with van der Waals surface area (Å²) in [5.74, 6) is 0. The second kappa shape index (κ2) is 5.71. The molecule has 0 heterocycles. The first-order valence-electron chi connectivity index (χ1n) is 5.75. The molecule has 1 N–H and O–H groups in total. The molecule has 0 aromatic carbocycles. The minimum Gasteiger partial charge on any atom is -0.333 e. The van der Waals surface area contributed by atoms with Gasteiger partial charge in [0.25, 0.3) is 0 Å². The third-order valence-electron chi connectivity index (χ3n) is 3.42. The Labute approximate surface area is 91.1 Å². The van der Waals surface area contributed by atoms with Crippen molar-refractivity contribution in [2.45, 2.75) is 58.2 Å². The van der Waals surface area contributed by atoms with Crippen molar-refractivity contribution in [2.24, 2.45) is 0 Å². The molecule has 14 heavy (non-hydrogen) atoms. The highest BCUT2D eigenvalue weighted by molar-refractivity contribution is 6.81. The van der Waals surface area contributed by atoms with Crippen molar-refractivity contribution >= 4 is 8.24 Å². The normalized spacial score (nSPS) is 12.9. The molecule has 1 nitrogen and oxygen atoms in total. The molecular weight excluding hydrogens is 186 g/mol. The first-order valence-corrected chi connectivity index (χ1v) is 7.98. The Morgan fingerprint density at radius 3 is 1.57 bits per heavy atom. The van der Waals surface area contributed by atoms with Gasteiger partial charge in [0.15, 0.2) is 0 Å². The van der Waals surface area contributed by atoms with Gasteiger partial charge in [-0.25, -0.2) is 0 Å². The van der Waals surface area contributed by atoms with Crippen LogP contribution in [0.3, 0.4) is 0 Å². The van der Waals surface area contributed by atoms with E-state index in [0.29, 0.717) is 0 Å². The first kappa shape index (κ1) is 13.9. The fourth-order valence-electron chi connectivity index (χ4n) is 2.86. The lowest BCUT2D eigenvalue weighted by Crippen LogP contribution is -2.57. The van der Waals surface area contributed by atoms with Crippen molar-refractivity contribution in [3.63, 3.8) is 0 Å². The lowest BCUT2D eigenvalue weighted by atomic mass is 10.5. The van der Waals surface area contributed by atoms with Crippen LogP contribution in [0.4, 0.5) is 0 Å². The predicted molar refractivity (Wildman–Crippen MR) is 69.2 cm³/mol. The van der Waals surface area contributed by atoms with E-state index < -0.39 is 8.24 Å². The Bertz CT molecular complexity index is 151. The van der Waals surface area contributed by atoms with Gasteiger partial charge in [-0.15, -0.1) is 6.58 Å². The SMILES string of the molecule is C=CCN[Si](C(C)C)(C(C)C)C(C)C. The van der Waals surface area contributed by atoms with Crippen molar-refractivity contribution < 1.29 is 0 Å². The molecule has 0 aromatic heterocycles. The maximum atomic E-state index is 3.80. The monoisotopic (exact) mass is 213 g/mol. The summed E-state index contributed by atoms with van der Waals surface area (Å²) in [6.45, 7) is 18.9. The Hall–Kier alpha value is -0.0831. The number of rotatable bonds is 6. The summed E-state index contributed by atoms with van der Waals surface area (Å²) in [6, 6.07) is 0. The molecule has 0 amide bonds. The molecule has 0 bridgehead atoms. The van der Waals surface area contributed by atoms with Crippen LogP contribution in [0.25, 0.3) is 0 Å². The van der Waals surface area contributed by atoms with Crippen LogP contribution < -0.4 is 4.98 Å². The molecule has 0 aromatic rings. The Kier molecular flexibility index (Phi) is 5.68. The molecule has 0 spiro atoms. The molecule has 0 aliphatic heterocycles. The van der Waals surface area contributed by atoms with Gasteiger partial charge in [0, 0.05) is 6.54 Å². The van der Waals surface area contributed by atoms with Gasteiger partial charge >= 0.3 is 0 Å². The number of nitrogens with one attached hydrogen (secondary N) is 1. The molecule has 0 unspecified atom stereocenters. The van der Waals surface area contributed by atoms with E-state index in [4.69, 9.17) is 0 Å². The molecule has 0 fully saturated rings. The van der Waals surface area contributed by atoms with Gasteiger partial charge in [-0.05, 0) is 16.6 Å². The van der Waals surface area contributed by atoms with Crippen LogP contribution in [0.15, 0.2) is 12.7 Å². The third kappa shape index (κ3) is 2.70. The summed E-state index contributed by atoms with van der Waals surface area (Å²) in [5, 5.41) is 0. The number of hydrogen-bond donors (Lipinski definition) is 1. The van der Waals surface area contributed by atoms with E-state index in [0.717, 1.165) is 23.2 Å². The fraction of sp³-hybridized carbons (Fsp3) is 0.833. The van der Waals surface area contributed by atoms with Gasteiger partial charge in [-0.1, -0.05) is 47.6 Å². The van der Waals surface area contributed by atoms with Crippen molar-refractivity contribution in [1.29, 1.82) is 0 Å². The van der Waals surface area contributed by atoms with Gasteiger partial charge in [-0.2, -0.15) is 0 Å². The summed E-state index contributed by atoms with van der Waals surface area (Å²) < 4.78 is 0. The second-order valence-corrected chi connectivity index (χ2v) is 10.8. The lowest BCUT2D eigenvalue weighted by Gasteiger charge is -2.43. The molecule has 0 radical (unpaired) electrons. The van der Waals surface area contributed by atoms with E-state index in [1.54, 1.807) is 0 Å². The minimum atomic E-state index is -1.37. The third-order valence-corrected chi connectivity index (χ3v) is 9.97. The van der Waals surface area contributed by atoms with Crippen LogP contribution in [-0.2, 0) is 0 Å². The van der Waals surface area contributed by atoms with Crippen molar-refractivity contribution in [3.05, 3.63) is 12.7 Å². The predicted octanol–water partition coefficient (Wildman–Crippen LogP) is 3.94. The molecule has 0 saturated carbocycles. The van der Waals surface area contributed by atoms with Crippen LogP contribution in [0.1, 0.15) is 41.5 Å². The van der Waals surface area contributed by atoms with Crippen molar-refractivity contribution in [3.8, 4) is 0 Å². The molecule has 0 rings (SSSR count). The second-order valence-electron chi connectivity index (χ2n) is 5.07. The highest BCUT2D eigenvalue weighted by Gasteiger charge is 2.42. The summed E-state index contributed by atoms with van der Waals surface area (Å²) >= 11 is 0. The topological polar surface area (TPSA) is 12.0 Å². The average molecular weight is 213 g/mol. The molecule has 0 saturated heterocycles. The molecule has 0 atom stereocenters. The zero-order chi connectivity index (χ0) is 11.4. The van der Waals surface area contributed by atoms with E-state index in [2.05, 4.69) is 53.1 Å². The van der Waals surface area contributed by atoms with E-state index in [-0.39, 0.29) is 0 Å². The Balaban J connectivity index is 4.84. The van der Waals surface area contributed by atoms with Gasteiger partial charge in [0.2, 0.25) is 0 Å². The Morgan fingerprint density at radius 2 is 1.36 bits per heavy atom. The summed E-state index contributed by atoms with van der Waals surface area (Å²) in [7, 11) is -1.37. The highest BCUT2D eigenvalue weighted by atomic mass is 28.3. The maximum Gasteiger partial charge on any atom is 0.133 e. The highest BCUT2D eigenvalue weighted by Crippen LogP contribution is 2.38. The maximum absolute atomic E-state index is 3.80. The lowest BCUT2D eigenvalue weighted by molar-refractivity contribution is 0.753. The van der Waals surface area contributed by atoms with Gasteiger partial charge in [-0.3, -0.25) is 0 Å². The standard InChI is InChI=1S/C12H27NSi/c1-8-9-13-14(10(2)3,11(4)5)12(6)7/h8,10-13H,1,9H2,2-7H3. The van der Waals surface area contributed by atoms with Crippen LogP contribution in [0.5, 0.6) is 0 Å². The molecule has 2 heteroatoms. The van der Waals surface area contributed by atoms with Gasteiger partial charge in [0.05, 0.1) is 0 Å². The van der Waals surface area contributed by atoms with E-state index >= 15 is 0 Å². The van der Waals surface area contributed by atoms with Gasteiger partial charge < -0.3 is 4.98 Å². The van der Waals surface area contributed by atoms with E-state index in [1.807, 2.05) is 6.08 Å². The van der Waals surface area contributed by atoms with Crippen LogP contribution in [0.2, 0.25) is 16.6 Å². The average Bonchev–Trinajstić information content (AvgIpc) is 2.03. The smallest absolute Gasteiger partial charge is 0.133 e. The van der Waals surface area contributed by atoms with E-state index in [1.165, 1.54) is 0 Å². The Morgan fingerprint density at radius 1 is 1.00 bits per heavy atom. The zero-order valence-corrected chi connectivity index (χ0v) is 11.7. The van der Waals surface area contributed by atoms with Crippen LogP contribution >= 0.6 is 0 Å². The number of hydrogen-bond acceptors (Lipinski definition) is 1. The summed E-state index contributed by atoms with van der Waals surface area (Å²) in [5.41, 5.74) is 2.34. The van der Waals surface area contributed by atoms with Crippen LogP contribution in [0, 0.1) is 0 Å². The summed E-state index contributed by atoms with van der Waals surface area (Å²) in [6.07, 6.45) is 1.98. The molecule has 0 aliphatic carbocycles. The fourth-order valence-corrected chi connectivity index (χ4v) is 8.58. The largest absolute Gasteiger partial charge is 0.333 e. The molecule has 84 valence electrons. The van der Waals surface area contributed by atoms with Crippen molar-refractivity contribution in [1.82, 2.24) is 4.98 Å². The van der Waals surface area contributed by atoms with Crippen LogP contribution in [-0.4, -0.2) is 14.8 Å². The summed E-state index contributed by atoms with van der Waals surface area (Å²) in [4.78, 5) is 3.80. The molecular formula is C12H27NSi. The molecule has 0 aliphatic rings. The minimum absolute atomic E-state index is 0.780. The van der Waals surface area contributed by atoms with Gasteiger partial charge in [0.1, 0.15) is 8.24 Å². The zero-order valence-electron chi connectivity index (χ0n) is 10.7. The first-order chi connectivity index (χ1) is 6.39.